The fraction of sp³-hybridized carbons (Fsp3) is 0.0769. The number of thioether (sulfide) groups is 1. The highest BCUT2D eigenvalue weighted by Gasteiger charge is 2.22. The third kappa shape index (κ3) is 4.07. The molecule has 112 valence electrons. The van der Waals surface area contributed by atoms with Crippen LogP contribution in [0.15, 0.2) is 50.7 Å². The Hall–Kier alpha value is -0.400. The van der Waals surface area contributed by atoms with Crippen molar-refractivity contribution in [3.05, 3.63) is 50.9 Å². The number of rotatable bonds is 4. The molecule has 2 rings (SSSR count). The molecule has 21 heavy (non-hydrogen) atoms. The van der Waals surface area contributed by atoms with Gasteiger partial charge in [-0.2, -0.15) is 0 Å². The Bertz CT molecular complexity index is 741. The standard InChI is InChI=1S/C13H10BrCl2NO2S2/c1-20-10-4-2-9(3-5-10)17-21(18,19)13-11(15)6-8(14)7-12(13)16/h2-7,17H,1H3. The normalized spacial score (nSPS) is 11.4. The maximum Gasteiger partial charge on any atom is 0.264 e. The Balaban J connectivity index is 2.38. The predicted octanol–water partition coefficient (Wildman–Crippen LogP) is 5.28. The van der Waals surface area contributed by atoms with Gasteiger partial charge in [0.05, 0.1) is 10.0 Å². The SMILES string of the molecule is CSc1ccc(NS(=O)(=O)c2c(Cl)cc(Br)cc2Cl)cc1. The van der Waals surface area contributed by atoms with Crippen LogP contribution >= 0.6 is 50.9 Å². The molecule has 0 aliphatic heterocycles. The lowest BCUT2D eigenvalue weighted by atomic mass is 10.3. The third-order valence-electron chi connectivity index (χ3n) is 2.57. The largest absolute Gasteiger partial charge is 0.280 e. The lowest BCUT2D eigenvalue weighted by Gasteiger charge is -2.11. The number of anilines is 1. The molecule has 0 aliphatic rings. The molecule has 0 spiro atoms. The number of hydrogen-bond acceptors (Lipinski definition) is 3. The van der Waals surface area contributed by atoms with Crippen molar-refractivity contribution in [3.63, 3.8) is 0 Å². The van der Waals surface area contributed by atoms with Gasteiger partial charge >= 0.3 is 0 Å². The lowest BCUT2D eigenvalue weighted by Crippen LogP contribution is -2.14. The first-order chi connectivity index (χ1) is 9.83. The van der Waals surface area contributed by atoms with Gasteiger partial charge < -0.3 is 0 Å². The van der Waals surface area contributed by atoms with Gasteiger partial charge in [-0.05, 0) is 42.7 Å². The number of sulfonamides is 1. The summed E-state index contributed by atoms with van der Waals surface area (Å²) in [5.74, 6) is 0. The quantitative estimate of drug-likeness (QED) is 0.676. The van der Waals surface area contributed by atoms with Crippen molar-refractivity contribution in [1.29, 1.82) is 0 Å². The van der Waals surface area contributed by atoms with Crippen LogP contribution in [0.5, 0.6) is 0 Å². The zero-order chi connectivity index (χ0) is 15.6. The van der Waals surface area contributed by atoms with Crippen molar-refractivity contribution >= 4 is 66.6 Å². The maximum absolute atomic E-state index is 12.4. The summed E-state index contributed by atoms with van der Waals surface area (Å²) in [6.07, 6.45) is 1.94. The minimum absolute atomic E-state index is 0.0580. The first-order valence-electron chi connectivity index (χ1n) is 5.65. The summed E-state index contributed by atoms with van der Waals surface area (Å²) in [5, 5.41) is 0.116. The highest BCUT2D eigenvalue weighted by Crippen LogP contribution is 2.34. The molecule has 0 saturated heterocycles. The molecule has 0 atom stereocenters. The van der Waals surface area contributed by atoms with Crippen molar-refractivity contribution < 1.29 is 8.42 Å². The fourth-order valence-electron chi connectivity index (χ4n) is 1.65. The first kappa shape index (κ1) is 17.0. The summed E-state index contributed by atoms with van der Waals surface area (Å²) in [6, 6.07) is 9.99. The molecule has 2 aromatic rings. The molecule has 8 heteroatoms. The number of benzene rings is 2. The van der Waals surface area contributed by atoms with Gasteiger partial charge in [-0.1, -0.05) is 39.1 Å². The van der Waals surface area contributed by atoms with Crippen LogP contribution in [0.1, 0.15) is 0 Å². The summed E-state index contributed by atoms with van der Waals surface area (Å²) in [4.78, 5) is 0.903. The van der Waals surface area contributed by atoms with Crippen LogP contribution in [-0.2, 0) is 10.0 Å². The molecule has 0 unspecified atom stereocenters. The number of halogens is 3. The van der Waals surface area contributed by atoms with Crippen LogP contribution in [-0.4, -0.2) is 14.7 Å². The van der Waals surface area contributed by atoms with Crippen LogP contribution in [0.2, 0.25) is 10.0 Å². The first-order valence-corrected chi connectivity index (χ1v) is 9.90. The van der Waals surface area contributed by atoms with E-state index in [1.165, 1.54) is 12.1 Å². The molecule has 0 heterocycles. The van der Waals surface area contributed by atoms with E-state index >= 15 is 0 Å². The minimum Gasteiger partial charge on any atom is -0.280 e. The van der Waals surface area contributed by atoms with E-state index in [1.807, 2.05) is 18.4 Å². The van der Waals surface area contributed by atoms with Crippen molar-refractivity contribution in [3.8, 4) is 0 Å². The van der Waals surface area contributed by atoms with E-state index < -0.39 is 10.0 Å². The van der Waals surface area contributed by atoms with E-state index in [9.17, 15) is 8.42 Å². The van der Waals surface area contributed by atoms with E-state index in [2.05, 4.69) is 20.7 Å². The number of hydrogen-bond donors (Lipinski definition) is 1. The average Bonchev–Trinajstić information content (AvgIpc) is 2.37. The Kier molecular flexibility index (Phi) is 5.48. The second-order valence-electron chi connectivity index (χ2n) is 4.03. The zero-order valence-electron chi connectivity index (χ0n) is 10.7. The third-order valence-corrected chi connectivity index (χ3v) is 6.08. The highest BCUT2D eigenvalue weighted by atomic mass is 79.9. The van der Waals surface area contributed by atoms with E-state index in [0.29, 0.717) is 10.2 Å². The van der Waals surface area contributed by atoms with E-state index in [-0.39, 0.29) is 14.9 Å². The molecular formula is C13H10BrCl2NO2S2. The zero-order valence-corrected chi connectivity index (χ0v) is 15.5. The summed E-state index contributed by atoms with van der Waals surface area (Å²) in [5.41, 5.74) is 0.447. The molecule has 2 aromatic carbocycles. The van der Waals surface area contributed by atoms with Gasteiger partial charge in [-0.15, -0.1) is 11.8 Å². The summed E-state index contributed by atoms with van der Waals surface area (Å²) in [6.45, 7) is 0. The van der Waals surface area contributed by atoms with E-state index in [0.717, 1.165) is 4.90 Å². The van der Waals surface area contributed by atoms with Crippen molar-refractivity contribution in [2.45, 2.75) is 9.79 Å². The van der Waals surface area contributed by atoms with E-state index in [4.69, 9.17) is 23.2 Å². The Morgan fingerprint density at radius 1 is 1.10 bits per heavy atom. The van der Waals surface area contributed by atoms with Crippen LogP contribution in [0.4, 0.5) is 5.69 Å². The monoisotopic (exact) mass is 425 g/mol. The van der Waals surface area contributed by atoms with Crippen LogP contribution in [0.3, 0.4) is 0 Å². The van der Waals surface area contributed by atoms with Gasteiger partial charge in [0.15, 0.2) is 0 Å². The molecule has 0 fully saturated rings. The van der Waals surface area contributed by atoms with Gasteiger partial charge in [0, 0.05) is 15.1 Å². The molecular weight excluding hydrogens is 417 g/mol. The Labute approximate surface area is 146 Å². The average molecular weight is 427 g/mol. The van der Waals surface area contributed by atoms with Crippen LogP contribution in [0.25, 0.3) is 0 Å². The molecule has 0 bridgehead atoms. The second-order valence-corrected chi connectivity index (χ2v) is 8.26. The summed E-state index contributed by atoms with van der Waals surface area (Å²) >= 11 is 16.8. The highest BCUT2D eigenvalue weighted by molar-refractivity contribution is 9.10. The van der Waals surface area contributed by atoms with Crippen LogP contribution in [0, 0.1) is 0 Å². The van der Waals surface area contributed by atoms with Crippen molar-refractivity contribution in [1.82, 2.24) is 0 Å². The molecule has 0 amide bonds. The fourth-order valence-corrected chi connectivity index (χ4v) is 5.06. The summed E-state index contributed by atoms with van der Waals surface area (Å²) < 4.78 is 27.9. The van der Waals surface area contributed by atoms with Gasteiger partial charge in [0.1, 0.15) is 4.90 Å². The van der Waals surface area contributed by atoms with Gasteiger partial charge in [-0.3, -0.25) is 4.72 Å². The second kappa shape index (κ2) is 6.79. The lowest BCUT2D eigenvalue weighted by molar-refractivity contribution is 0.601. The molecule has 3 nitrogen and oxygen atoms in total. The van der Waals surface area contributed by atoms with Crippen molar-refractivity contribution in [2.24, 2.45) is 0 Å². The van der Waals surface area contributed by atoms with E-state index in [1.54, 1.807) is 23.9 Å². The summed E-state index contributed by atoms with van der Waals surface area (Å²) in [7, 11) is -3.85. The van der Waals surface area contributed by atoms with Gasteiger partial charge in [-0.25, -0.2) is 8.42 Å². The topological polar surface area (TPSA) is 46.2 Å². The maximum atomic E-state index is 12.4. The Morgan fingerprint density at radius 2 is 1.62 bits per heavy atom. The molecule has 0 aliphatic carbocycles. The molecule has 0 radical (unpaired) electrons. The Morgan fingerprint density at radius 3 is 2.10 bits per heavy atom. The molecule has 0 aromatic heterocycles. The predicted molar refractivity (Wildman–Crippen MR) is 93.2 cm³/mol. The van der Waals surface area contributed by atoms with Gasteiger partial charge in [0.2, 0.25) is 0 Å². The van der Waals surface area contributed by atoms with Crippen LogP contribution < -0.4 is 4.72 Å². The minimum atomic E-state index is -3.85. The molecule has 1 N–H and O–H groups in total. The van der Waals surface area contributed by atoms with Gasteiger partial charge in [0.25, 0.3) is 10.0 Å². The smallest absolute Gasteiger partial charge is 0.264 e. The van der Waals surface area contributed by atoms with Crippen molar-refractivity contribution in [2.75, 3.05) is 11.0 Å². The molecule has 0 saturated carbocycles. The number of nitrogens with one attached hydrogen (secondary N) is 1.